The third-order valence-corrected chi connectivity index (χ3v) is 3.75. The van der Waals surface area contributed by atoms with E-state index in [1.807, 2.05) is 24.3 Å². The van der Waals surface area contributed by atoms with Crippen molar-refractivity contribution in [2.75, 3.05) is 10.6 Å². The van der Waals surface area contributed by atoms with Gasteiger partial charge < -0.3 is 10.6 Å². The highest BCUT2D eigenvalue weighted by Gasteiger charge is 2.03. The van der Waals surface area contributed by atoms with Crippen molar-refractivity contribution in [1.29, 1.82) is 0 Å². The first-order chi connectivity index (χ1) is 11.2. The van der Waals surface area contributed by atoms with Crippen LogP contribution in [0.5, 0.6) is 0 Å². The summed E-state index contributed by atoms with van der Waals surface area (Å²) in [4.78, 5) is 12.8. The molecule has 1 aromatic carbocycles. The third kappa shape index (κ3) is 4.31. The predicted molar refractivity (Wildman–Crippen MR) is 93.3 cm³/mol. The van der Waals surface area contributed by atoms with Crippen LogP contribution in [0.1, 0.15) is 5.69 Å². The van der Waals surface area contributed by atoms with Crippen LogP contribution in [0.2, 0.25) is 10.0 Å². The Morgan fingerprint density at radius 1 is 0.913 bits per heavy atom. The summed E-state index contributed by atoms with van der Waals surface area (Å²) in [5.41, 5.74) is 1.70. The highest BCUT2D eigenvalue weighted by atomic mass is 35.5. The number of hydrogen-bond donors (Lipinski definition) is 2. The first-order valence-electron chi connectivity index (χ1n) is 6.89. The molecule has 0 atom stereocenters. The van der Waals surface area contributed by atoms with E-state index in [4.69, 9.17) is 23.2 Å². The van der Waals surface area contributed by atoms with Gasteiger partial charge >= 0.3 is 0 Å². The Hall–Kier alpha value is -2.37. The average Bonchev–Trinajstić information content (AvgIpc) is 2.58. The van der Waals surface area contributed by atoms with Crippen molar-refractivity contribution in [2.24, 2.45) is 0 Å². The Kier molecular flexibility index (Phi) is 4.90. The fourth-order valence-electron chi connectivity index (χ4n) is 1.90. The quantitative estimate of drug-likeness (QED) is 0.710. The molecular weight excluding hydrogens is 333 g/mol. The second kappa shape index (κ2) is 7.26. The minimum atomic E-state index is 0.467. The third-order valence-electron chi connectivity index (χ3n) is 3.01. The van der Waals surface area contributed by atoms with Gasteiger partial charge in [-0.05, 0) is 36.4 Å². The summed E-state index contributed by atoms with van der Waals surface area (Å²) in [5.74, 6) is 1.17. The predicted octanol–water partition coefficient (Wildman–Crippen LogP) is 4.53. The summed E-state index contributed by atoms with van der Waals surface area (Å²) in [7, 11) is 0. The molecule has 0 unspecified atom stereocenters. The average molecular weight is 346 g/mol. The van der Waals surface area contributed by atoms with Gasteiger partial charge in [0.05, 0.1) is 22.3 Å². The van der Waals surface area contributed by atoms with Crippen LogP contribution < -0.4 is 10.6 Å². The smallest absolute Gasteiger partial charge is 0.229 e. The minimum Gasteiger partial charge on any atom is -0.364 e. The van der Waals surface area contributed by atoms with Crippen molar-refractivity contribution in [1.82, 2.24) is 15.0 Å². The normalized spacial score (nSPS) is 10.3. The monoisotopic (exact) mass is 345 g/mol. The van der Waals surface area contributed by atoms with Gasteiger partial charge in [-0.2, -0.15) is 4.98 Å². The van der Waals surface area contributed by atoms with Crippen LogP contribution >= 0.6 is 23.2 Å². The highest BCUT2D eigenvalue weighted by molar-refractivity contribution is 6.42. The van der Waals surface area contributed by atoms with Crippen molar-refractivity contribution in [3.8, 4) is 0 Å². The zero-order valence-electron chi connectivity index (χ0n) is 12.0. The Balaban J connectivity index is 1.68. The van der Waals surface area contributed by atoms with E-state index >= 15 is 0 Å². The highest BCUT2D eigenvalue weighted by Crippen LogP contribution is 2.26. The van der Waals surface area contributed by atoms with Gasteiger partial charge in [-0.1, -0.05) is 29.3 Å². The summed E-state index contributed by atoms with van der Waals surface area (Å²) >= 11 is 11.9. The molecule has 23 heavy (non-hydrogen) atoms. The van der Waals surface area contributed by atoms with Crippen molar-refractivity contribution >= 4 is 40.7 Å². The standard InChI is InChI=1S/C16H13Cl2N5/c17-13-5-4-11(9-14(13)18)22-16-20-8-6-15(23-16)21-10-12-3-1-2-7-19-12/h1-9H,10H2,(H2,20,21,22,23). The van der Waals surface area contributed by atoms with Crippen molar-refractivity contribution < 1.29 is 0 Å². The second-order valence-corrected chi connectivity index (χ2v) is 5.51. The van der Waals surface area contributed by atoms with Gasteiger partial charge in [0.1, 0.15) is 5.82 Å². The molecule has 0 saturated heterocycles. The molecule has 5 nitrogen and oxygen atoms in total. The number of halogens is 2. The lowest BCUT2D eigenvalue weighted by molar-refractivity contribution is 1.02. The number of benzene rings is 1. The van der Waals surface area contributed by atoms with E-state index in [0.717, 1.165) is 11.4 Å². The molecule has 7 heteroatoms. The number of nitrogens with one attached hydrogen (secondary N) is 2. The fourth-order valence-corrected chi connectivity index (χ4v) is 2.20. The van der Waals surface area contributed by atoms with E-state index < -0.39 is 0 Å². The molecule has 0 radical (unpaired) electrons. The molecule has 0 aliphatic rings. The fraction of sp³-hybridized carbons (Fsp3) is 0.0625. The second-order valence-electron chi connectivity index (χ2n) is 4.69. The minimum absolute atomic E-state index is 0.467. The van der Waals surface area contributed by atoms with E-state index in [1.165, 1.54) is 0 Å². The van der Waals surface area contributed by atoms with Gasteiger partial charge in [0.25, 0.3) is 0 Å². The summed E-state index contributed by atoms with van der Waals surface area (Å²) in [6.07, 6.45) is 3.43. The molecule has 0 spiro atoms. The van der Waals surface area contributed by atoms with Gasteiger partial charge in [-0.25, -0.2) is 4.98 Å². The number of nitrogens with zero attached hydrogens (tertiary/aromatic N) is 3. The van der Waals surface area contributed by atoms with Crippen LogP contribution in [0.3, 0.4) is 0 Å². The van der Waals surface area contributed by atoms with Crippen molar-refractivity contribution in [3.63, 3.8) is 0 Å². The summed E-state index contributed by atoms with van der Waals surface area (Å²) in [5, 5.41) is 7.27. The largest absolute Gasteiger partial charge is 0.364 e. The van der Waals surface area contributed by atoms with Gasteiger partial charge in [0.15, 0.2) is 0 Å². The lowest BCUT2D eigenvalue weighted by Crippen LogP contribution is -2.05. The van der Waals surface area contributed by atoms with Gasteiger partial charge in [-0.3, -0.25) is 4.98 Å². The SMILES string of the molecule is Clc1ccc(Nc2nccc(NCc3ccccn3)n2)cc1Cl. The Bertz CT molecular complexity index is 795. The van der Waals surface area contributed by atoms with Crippen LogP contribution in [0.25, 0.3) is 0 Å². The number of hydrogen-bond acceptors (Lipinski definition) is 5. The molecule has 3 rings (SSSR count). The molecular formula is C16H13Cl2N5. The van der Waals surface area contributed by atoms with Gasteiger partial charge in [-0.15, -0.1) is 0 Å². The molecule has 2 aromatic heterocycles. The zero-order chi connectivity index (χ0) is 16.1. The van der Waals surface area contributed by atoms with Crippen molar-refractivity contribution in [2.45, 2.75) is 6.54 Å². The molecule has 3 aromatic rings. The van der Waals surface area contributed by atoms with E-state index in [-0.39, 0.29) is 0 Å². The van der Waals surface area contributed by atoms with Crippen LogP contribution in [0, 0.1) is 0 Å². The first-order valence-corrected chi connectivity index (χ1v) is 7.65. The number of anilines is 3. The van der Waals surface area contributed by atoms with Gasteiger partial charge in [0, 0.05) is 18.1 Å². The molecule has 0 saturated carbocycles. The summed E-state index contributed by atoms with van der Waals surface area (Å²) in [6.45, 7) is 0.587. The molecule has 0 bridgehead atoms. The van der Waals surface area contributed by atoms with E-state index in [9.17, 15) is 0 Å². The number of aromatic nitrogens is 3. The number of pyridine rings is 1. The molecule has 2 N–H and O–H groups in total. The molecule has 0 aliphatic carbocycles. The Morgan fingerprint density at radius 3 is 2.61 bits per heavy atom. The molecule has 116 valence electrons. The number of rotatable bonds is 5. The maximum Gasteiger partial charge on any atom is 0.229 e. The Labute approximate surface area is 143 Å². The molecule has 0 aliphatic heterocycles. The van der Waals surface area contributed by atoms with E-state index in [0.29, 0.717) is 28.4 Å². The molecule has 0 fully saturated rings. The summed E-state index contributed by atoms with van der Waals surface area (Å²) in [6, 6.07) is 12.8. The molecule has 0 amide bonds. The van der Waals surface area contributed by atoms with Crippen LogP contribution in [0.4, 0.5) is 17.5 Å². The van der Waals surface area contributed by atoms with Crippen LogP contribution in [-0.4, -0.2) is 15.0 Å². The maximum absolute atomic E-state index is 6.00. The van der Waals surface area contributed by atoms with Crippen LogP contribution in [-0.2, 0) is 6.54 Å². The van der Waals surface area contributed by atoms with Crippen LogP contribution in [0.15, 0.2) is 54.9 Å². The van der Waals surface area contributed by atoms with Crippen molar-refractivity contribution in [3.05, 3.63) is 70.6 Å². The maximum atomic E-state index is 6.00. The lowest BCUT2D eigenvalue weighted by atomic mass is 10.3. The summed E-state index contributed by atoms with van der Waals surface area (Å²) < 4.78 is 0. The first kappa shape index (κ1) is 15.5. The zero-order valence-corrected chi connectivity index (χ0v) is 13.5. The van der Waals surface area contributed by atoms with E-state index in [2.05, 4.69) is 25.6 Å². The Morgan fingerprint density at radius 2 is 1.83 bits per heavy atom. The topological polar surface area (TPSA) is 62.7 Å². The lowest BCUT2D eigenvalue weighted by Gasteiger charge is -2.08. The van der Waals surface area contributed by atoms with Gasteiger partial charge in [0.2, 0.25) is 5.95 Å². The molecule has 2 heterocycles. The van der Waals surface area contributed by atoms with E-state index in [1.54, 1.807) is 30.6 Å².